The van der Waals surface area contributed by atoms with Crippen molar-refractivity contribution in [2.75, 3.05) is 21.2 Å². The van der Waals surface area contributed by atoms with E-state index in [2.05, 4.69) is 5.10 Å². The van der Waals surface area contributed by atoms with Crippen molar-refractivity contribution in [3.05, 3.63) is 30.6 Å². The first-order valence-corrected chi connectivity index (χ1v) is 6.11. The lowest BCUT2D eigenvalue weighted by atomic mass is 10.1. The van der Waals surface area contributed by atoms with Crippen LogP contribution in [0.3, 0.4) is 0 Å². The molecule has 0 aliphatic heterocycles. The lowest BCUT2D eigenvalue weighted by molar-refractivity contribution is -0.129. The van der Waals surface area contributed by atoms with Gasteiger partial charge in [-0.05, 0) is 17.7 Å². The maximum absolute atomic E-state index is 11.6. The first-order valence-electron chi connectivity index (χ1n) is 6.11. The molecule has 0 atom stereocenters. The zero-order chi connectivity index (χ0) is 14.7. The highest BCUT2D eigenvalue weighted by molar-refractivity contribution is 5.75. The summed E-state index contributed by atoms with van der Waals surface area (Å²) in [5, 5.41) is 13.7. The lowest BCUT2D eigenvalue weighted by Gasteiger charge is -2.09. The summed E-state index contributed by atoms with van der Waals surface area (Å²) in [4.78, 5) is 13.1. The zero-order valence-corrected chi connectivity index (χ0v) is 11.7. The van der Waals surface area contributed by atoms with Crippen LogP contribution in [0, 0.1) is 0 Å². The van der Waals surface area contributed by atoms with Crippen molar-refractivity contribution in [2.45, 2.75) is 6.54 Å². The Hall–Kier alpha value is -2.50. The fourth-order valence-electron chi connectivity index (χ4n) is 1.74. The second-order valence-electron chi connectivity index (χ2n) is 4.60. The smallest absolute Gasteiger partial charge is 0.243 e. The summed E-state index contributed by atoms with van der Waals surface area (Å²) in [5.74, 6) is 0.467. The van der Waals surface area contributed by atoms with E-state index in [0.717, 1.165) is 11.1 Å². The number of methoxy groups -OCH3 is 1. The van der Waals surface area contributed by atoms with Gasteiger partial charge in [-0.1, -0.05) is 6.07 Å². The zero-order valence-electron chi connectivity index (χ0n) is 11.7. The molecule has 6 heteroatoms. The maximum atomic E-state index is 11.6. The van der Waals surface area contributed by atoms with Gasteiger partial charge in [0.2, 0.25) is 5.91 Å². The molecule has 0 aliphatic carbocycles. The Labute approximate surface area is 117 Å². The summed E-state index contributed by atoms with van der Waals surface area (Å²) in [6, 6.07) is 5.06. The van der Waals surface area contributed by atoms with E-state index >= 15 is 0 Å². The summed E-state index contributed by atoms with van der Waals surface area (Å²) in [6.07, 6.45) is 3.46. The minimum atomic E-state index is -0.0251. The number of ether oxygens (including phenoxy) is 1. The Kier molecular flexibility index (Phi) is 3.93. The first kappa shape index (κ1) is 13.9. The van der Waals surface area contributed by atoms with Crippen LogP contribution in [0.2, 0.25) is 0 Å². The van der Waals surface area contributed by atoms with E-state index in [-0.39, 0.29) is 18.2 Å². The van der Waals surface area contributed by atoms with Gasteiger partial charge in [0, 0.05) is 25.9 Å². The van der Waals surface area contributed by atoms with Crippen molar-refractivity contribution in [3.63, 3.8) is 0 Å². The van der Waals surface area contributed by atoms with Crippen LogP contribution in [0.5, 0.6) is 11.5 Å². The van der Waals surface area contributed by atoms with Crippen LogP contribution in [0.1, 0.15) is 0 Å². The molecule has 2 rings (SSSR count). The predicted octanol–water partition coefficient (Wildman–Crippen LogP) is 1.35. The van der Waals surface area contributed by atoms with Crippen molar-refractivity contribution in [3.8, 4) is 22.6 Å². The molecule has 20 heavy (non-hydrogen) atoms. The molecule has 0 saturated heterocycles. The largest absolute Gasteiger partial charge is 0.504 e. The molecule has 6 nitrogen and oxygen atoms in total. The average molecular weight is 275 g/mol. The molecule has 2 aromatic rings. The number of benzene rings is 1. The van der Waals surface area contributed by atoms with Crippen molar-refractivity contribution in [1.29, 1.82) is 0 Å². The molecule has 1 heterocycles. The van der Waals surface area contributed by atoms with Gasteiger partial charge >= 0.3 is 0 Å². The summed E-state index contributed by atoms with van der Waals surface area (Å²) < 4.78 is 6.65. The van der Waals surface area contributed by atoms with Crippen LogP contribution in [0.4, 0.5) is 0 Å². The van der Waals surface area contributed by atoms with Gasteiger partial charge in [-0.25, -0.2) is 0 Å². The Morgan fingerprint density at radius 1 is 1.40 bits per heavy atom. The maximum Gasteiger partial charge on any atom is 0.243 e. The molecule has 1 aromatic heterocycles. The lowest BCUT2D eigenvalue weighted by Crippen LogP contribution is -2.26. The van der Waals surface area contributed by atoms with Crippen LogP contribution in [-0.2, 0) is 11.3 Å². The summed E-state index contributed by atoms with van der Waals surface area (Å²) in [7, 11) is 4.91. The molecular weight excluding hydrogens is 258 g/mol. The van der Waals surface area contributed by atoms with Crippen molar-refractivity contribution < 1.29 is 14.6 Å². The molecular formula is C14H17N3O3. The molecule has 0 spiro atoms. The van der Waals surface area contributed by atoms with Gasteiger partial charge in [0.15, 0.2) is 11.5 Å². The van der Waals surface area contributed by atoms with Crippen LogP contribution in [-0.4, -0.2) is 46.9 Å². The third-order valence-corrected chi connectivity index (χ3v) is 2.94. The van der Waals surface area contributed by atoms with E-state index in [9.17, 15) is 9.90 Å². The van der Waals surface area contributed by atoms with E-state index < -0.39 is 0 Å². The van der Waals surface area contributed by atoms with Crippen LogP contribution in [0.15, 0.2) is 30.6 Å². The van der Waals surface area contributed by atoms with E-state index in [0.29, 0.717) is 5.75 Å². The molecule has 0 saturated carbocycles. The fourth-order valence-corrected chi connectivity index (χ4v) is 1.74. The van der Waals surface area contributed by atoms with Gasteiger partial charge in [-0.15, -0.1) is 0 Å². The number of carbonyl (C=O) groups excluding carboxylic acids is 1. The van der Waals surface area contributed by atoms with E-state index in [1.54, 1.807) is 49.4 Å². The SMILES string of the molecule is COc1cc(-c2cnn(CC(=O)N(C)C)c2)ccc1O. The van der Waals surface area contributed by atoms with Gasteiger partial charge in [0.05, 0.1) is 13.3 Å². The minimum Gasteiger partial charge on any atom is -0.504 e. The first-order chi connectivity index (χ1) is 9.51. The second kappa shape index (κ2) is 5.64. The van der Waals surface area contributed by atoms with E-state index in [4.69, 9.17) is 4.74 Å². The highest BCUT2D eigenvalue weighted by Crippen LogP contribution is 2.31. The molecule has 0 radical (unpaired) electrons. The van der Waals surface area contributed by atoms with Gasteiger partial charge < -0.3 is 14.7 Å². The monoisotopic (exact) mass is 275 g/mol. The average Bonchev–Trinajstić information content (AvgIpc) is 2.87. The number of aromatic nitrogens is 2. The third-order valence-electron chi connectivity index (χ3n) is 2.94. The van der Waals surface area contributed by atoms with Crippen molar-refractivity contribution in [2.24, 2.45) is 0 Å². The van der Waals surface area contributed by atoms with E-state index in [1.807, 2.05) is 0 Å². The Morgan fingerprint density at radius 2 is 2.15 bits per heavy atom. The molecule has 0 unspecified atom stereocenters. The normalized spacial score (nSPS) is 10.3. The number of carbonyl (C=O) groups is 1. The number of nitrogens with zero attached hydrogens (tertiary/aromatic N) is 3. The Morgan fingerprint density at radius 3 is 2.80 bits per heavy atom. The third kappa shape index (κ3) is 2.90. The number of aromatic hydroxyl groups is 1. The van der Waals surface area contributed by atoms with Crippen molar-refractivity contribution >= 4 is 5.91 Å². The van der Waals surface area contributed by atoms with Gasteiger partial charge in [-0.2, -0.15) is 5.10 Å². The highest BCUT2D eigenvalue weighted by Gasteiger charge is 2.09. The number of hydrogen-bond acceptors (Lipinski definition) is 4. The topological polar surface area (TPSA) is 67.6 Å². The number of rotatable bonds is 4. The molecule has 1 N–H and O–H groups in total. The predicted molar refractivity (Wildman–Crippen MR) is 74.6 cm³/mol. The molecule has 1 aromatic carbocycles. The van der Waals surface area contributed by atoms with Gasteiger partial charge in [0.25, 0.3) is 0 Å². The van der Waals surface area contributed by atoms with Crippen LogP contribution in [0.25, 0.3) is 11.1 Å². The number of hydrogen-bond donors (Lipinski definition) is 1. The Bertz CT molecular complexity index is 620. The number of likely N-dealkylation sites (N-methyl/N-ethyl adjacent to an activating group) is 1. The van der Waals surface area contributed by atoms with Gasteiger partial charge in [0.1, 0.15) is 6.54 Å². The standard InChI is InChI=1S/C14H17N3O3/c1-16(2)14(19)9-17-8-11(7-15-17)10-4-5-12(18)13(6-10)20-3/h4-8,18H,9H2,1-3H3. The van der Waals surface area contributed by atoms with Crippen molar-refractivity contribution in [1.82, 2.24) is 14.7 Å². The molecule has 0 bridgehead atoms. The van der Waals surface area contributed by atoms with E-state index in [1.165, 1.54) is 12.0 Å². The molecule has 1 amide bonds. The quantitative estimate of drug-likeness (QED) is 0.914. The molecule has 106 valence electrons. The molecule has 0 fully saturated rings. The van der Waals surface area contributed by atoms with Gasteiger partial charge in [-0.3, -0.25) is 9.48 Å². The minimum absolute atomic E-state index is 0.0251. The number of phenols is 1. The Balaban J connectivity index is 2.22. The fraction of sp³-hybridized carbons (Fsp3) is 0.286. The summed E-state index contributed by atoms with van der Waals surface area (Å²) in [5.41, 5.74) is 1.72. The second-order valence-corrected chi connectivity index (χ2v) is 4.60. The number of phenolic OH excluding ortho intramolecular Hbond substituents is 1. The highest BCUT2D eigenvalue weighted by atomic mass is 16.5. The molecule has 0 aliphatic rings. The summed E-state index contributed by atoms with van der Waals surface area (Å²) >= 11 is 0. The van der Waals surface area contributed by atoms with Crippen LogP contribution < -0.4 is 4.74 Å². The summed E-state index contributed by atoms with van der Waals surface area (Å²) in [6.45, 7) is 0.197. The number of amides is 1. The van der Waals surface area contributed by atoms with Crippen LogP contribution >= 0.6 is 0 Å².